The minimum atomic E-state index is -0.298. The maximum atomic E-state index is 12.8. The van der Waals surface area contributed by atoms with Crippen molar-refractivity contribution >= 4 is 22.4 Å². The second kappa shape index (κ2) is 9.19. The molecule has 0 aliphatic rings. The van der Waals surface area contributed by atoms with E-state index in [-0.39, 0.29) is 5.91 Å². The Morgan fingerprint density at radius 3 is 2.40 bits per heavy atom. The molecule has 0 unspecified atom stereocenters. The number of amides is 1. The number of nitrogens with zero attached hydrogens (tertiary/aromatic N) is 2. The van der Waals surface area contributed by atoms with Crippen LogP contribution in [0.15, 0.2) is 78.9 Å². The van der Waals surface area contributed by atoms with Crippen molar-refractivity contribution in [2.24, 2.45) is 0 Å². The predicted octanol–water partition coefficient (Wildman–Crippen LogP) is 5.18. The molecule has 0 aliphatic carbocycles. The summed E-state index contributed by atoms with van der Waals surface area (Å²) >= 11 is 1.34. The van der Waals surface area contributed by atoms with Crippen LogP contribution in [0.5, 0.6) is 17.2 Å². The van der Waals surface area contributed by atoms with Gasteiger partial charge in [0.15, 0.2) is 0 Å². The Labute approximate surface area is 178 Å². The third-order valence-corrected chi connectivity index (χ3v) is 5.14. The predicted molar refractivity (Wildman–Crippen MR) is 117 cm³/mol. The van der Waals surface area contributed by atoms with E-state index in [1.54, 1.807) is 25.3 Å². The van der Waals surface area contributed by atoms with E-state index in [2.05, 4.69) is 15.5 Å². The molecule has 0 aliphatic heterocycles. The molecule has 0 saturated heterocycles. The molecule has 0 bridgehead atoms. The van der Waals surface area contributed by atoms with Crippen molar-refractivity contribution < 1.29 is 14.3 Å². The van der Waals surface area contributed by atoms with E-state index in [1.165, 1.54) is 11.3 Å². The summed E-state index contributed by atoms with van der Waals surface area (Å²) in [6.45, 7) is 0. The molecular weight excluding hydrogens is 398 g/mol. The number of carbonyl (C=O) groups excluding carboxylic acids is 1. The number of anilines is 1. The zero-order valence-corrected chi connectivity index (χ0v) is 17.1. The van der Waals surface area contributed by atoms with E-state index in [0.29, 0.717) is 28.6 Å². The fourth-order valence-electron chi connectivity index (χ4n) is 2.82. The number of para-hydroxylation sites is 2. The molecule has 30 heavy (non-hydrogen) atoms. The van der Waals surface area contributed by atoms with E-state index in [0.717, 1.165) is 16.3 Å². The van der Waals surface area contributed by atoms with Crippen LogP contribution in [0.2, 0.25) is 0 Å². The number of aromatic nitrogens is 2. The highest BCUT2D eigenvalue weighted by atomic mass is 32.1. The molecule has 3 aromatic carbocycles. The van der Waals surface area contributed by atoms with Crippen LogP contribution in [0.1, 0.15) is 20.9 Å². The van der Waals surface area contributed by atoms with E-state index in [1.807, 2.05) is 60.7 Å². The van der Waals surface area contributed by atoms with Crippen LogP contribution >= 0.6 is 11.3 Å². The Morgan fingerprint density at radius 2 is 1.63 bits per heavy atom. The summed E-state index contributed by atoms with van der Waals surface area (Å²) in [5.74, 6) is 1.65. The largest absolute Gasteiger partial charge is 0.497 e. The van der Waals surface area contributed by atoms with Gasteiger partial charge in [0, 0.05) is 6.42 Å². The van der Waals surface area contributed by atoms with Crippen molar-refractivity contribution in [2.75, 3.05) is 12.4 Å². The number of methoxy groups -OCH3 is 1. The van der Waals surface area contributed by atoms with Gasteiger partial charge < -0.3 is 9.47 Å². The fraction of sp³-hybridized carbons (Fsp3) is 0.0870. The highest BCUT2D eigenvalue weighted by molar-refractivity contribution is 7.15. The van der Waals surface area contributed by atoms with Crippen LogP contribution in [0.3, 0.4) is 0 Å². The molecule has 1 amide bonds. The van der Waals surface area contributed by atoms with Gasteiger partial charge in [-0.25, -0.2) is 0 Å². The Bertz CT molecular complexity index is 1130. The van der Waals surface area contributed by atoms with Crippen LogP contribution in [0.4, 0.5) is 5.13 Å². The maximum absolute atomic E-state index is 12.8. The molecule has 0 radical (unpaired) electrons. The lowest BCUT2D eigenvalue weighted by Gasteiger charge is -2.10. The van der Waals surface area contributed by atoms with Gasteiger partial charge in [-0.05, 0) is 42.0 Å². The van der Waals surface area contributed by atoms with Gasteiger partial charge in [0.05, 0.1) is 12.7 Å². The Hall–Kier alpha value is -3.71. The van der Waals surface area contributed by atoms with Gasteiger partial charge in [0.2, 0.25) is 5.13 Å². The molecule has 4 aromatic rings. The van der Waals surface area contributed by atoms with Crippen LogP contribution < -0.4 is 14.8 Å². The van der Waals surface area contributed by atoms with Crippen molar-refractivity contribution in [3.05, 3.63) is 95.0 Å². The summed E-state index contributed by atoms with van der Waals surface area (Å²) in [5, 5.41) is 12.3. The summed E-state index contributed by atoms with van der Waals surface area (Å²) < 4.78 is 11.0. The molecule has 0 saturated carbocycles. The van der Waals surface area contributed by atoms with Gasteiger partial charge in [0.1, 0.15) is 22.3 Å². The fourth-order valence-corrected chi connectivity index (χ4v) is 3.59. The maximum Gasteiger partial charge on any atom is 0.261 e. The van der Waals surface area contributed by atoms with Crippen molar-refractivity contribution in [1.82, 2.24) is 10.2 Å². The first-order valence-corrected chi connectivity index (χ1v) is 10.1. The van der Waals surface area contributed by atoms with Gasteiger partial charge in [-0.3, -0.25) is 10.1 Å². The summed E-state index contributed by atoms with van der Waals surface area (Å²) in [7, 11) is 1.64. The van der Waals surface area contributed by atoms with Gasteiger partial charge in [-0.2, -0.15) is 0 Å². The first kappa shape index (κ1) is 19.6. The summed E-state index contributed by atoms with van der Waals surface area (Å²) in [6, 6.07) is 24.2. The highest BCUT2D eigenvalue weighted by Gasteiger charge is 2.15. The Kier molecular flexibility index (Phi) is 6.01. The average molecular weight is 417 g/mol. The van der Waals surface area contributed by atoms with Crippen molar-refractivity contribution in [1.29, 1.82) is 0 Å². The molecule has 1 N–H and O–H groups in total. The molecular formula is C23H19N3O3S. The lowest BCUT2D eigenvalue weighted by Crippen LogP contribution is -2.12. The van der Waals surface area contributed by atoms with E-state index >= 15 is 0 Å². The van der Waals surface area contributed by atoms with Crippen molar-refractivity contribution in [3.63, 3.8) is 0 Å². The van der Waals surface area contributed by atoms with Gasteiger partial charge >= 0.3 is 0 Å². The third kappa shape index (κ3) is 4.82. The minimum Gasteiger partial charge on any atom is -0.497 e. The first-order chi connectivity index (χ1) is 14.7. The summed E-state index contributed by atoms with van der Waals surface area (Å²) in [4.78, 5) is 12.8. The molecule has 4 rings (SSSR count). The van der Waals surface area contributed by atoms with Crippen LogP contribution in [-0.4, -0.2) is 23.2 Å². The average Bonchev–Trinajstić information content (AvgIpc) is 3.22. The van der Waals surface area contributed by atoms with Crippen LogP contribution in [-0.2, 0) is 6.42 Å². The molecule has 0 spiro atoms. The van der Waals surface area contributed by atoms with Crippen molar-refractivity contribution in [3.8, 4) is 17.2 Å². The second-order valence-corrected chi connectivity index (χ2v) is 7.45. The second-order valence-electron chi connectivity index (χ2n) is 6.39. The number of hydrogen-bond donors (Lipinski definition) is 1. The number of rotatable bonds is 7. The molecule has 0 fully saturated rings. The standard InChI is InChI=1S/C23H19N3O3S/c1-28-17-13-11-16(12-14-17)15-21-25-26-23(30-21)24-22(27)19-9-5-6-10-20(19)29-18-7-3-2-4-8-18/h2-14H,15H2,1H3,(H,24,26,27). The first-order valence-electron chi connectivity index (χ1n) is 9.30. The molecule has 1 heterocycles. The van der Waals surface area contributed by atoms with Gasteiger partial charge in [-0.1, -0.05) is 53.8 Å². The molecule has 6 nitrogen and oxygen atoms in total. The lowest BCUT2D eigenvalue weighted by molar-refractivity contribution is 0.102. The zero-order chi connectivity index (χ0) is 20.8. The van der Waals surface area contributed by atoms with E-state index in [9.17, 15) is 4.79 Å². The van der Waals surface area contributed by atoms with Crippen LogP contribution in [0.25, 0.3) is 0 Å². The smallest absolute Gasteiger partial charge is 0.261 e. The third-order valence-electron chi connectivity index (χ3n) is 4.30. The Morgan fingerprint density at radius 1 is 0.900 bits per heavy atom. The van der Waals surface area contributed by atoms with Crippen molar-refractivity contribution in [2.45, 2.75) is 6.42 Å². The summed E-state index contributed by atoms with van der Waals surface area (Å²) in [5.41, 5.74) is 1.51. The normalized spacial score (nSPS) is 10.4. The lowest BCUT2D eigenvalue weighted by atomic mass is 10.1. The molecule has 7 heteroatoms. The Balaban J connectivity index is 1.44. The molecule has 1 aromatic heterocycles. The number of carbonyl (C=O) groups is 1. The minimum absolute atomic E-state index is 0.298. The quantitative estimate of drug-likeness (QED) is 0.448. The van der Waals surface area contributed by atoms with Crippen LogP contribution in [0, 0.1) is 0 Å². The summed E-state index contributed by atoms with van der Waals surface area (Å²) in [6.07, 6.45) is 0.630. The van der Waals surface area contributed by atoms with E-state index in [4.69, 9.17) is 9.47 Å². The SMILES string of the molecule is COc1ccc(Cc2nnc(NC(=O)c3ccccc3Oc3ccccc3)s2)cc1. The van der Waals surface area contributed by atoms with E-state index < -0.39 is 0 Å². The monoisotopic (exact) mass is 417 g/mol. The number of ether oxygens (including phenoxy) is 2. The number of benzene rings is 3. The topological polar surface area (TPSA) is 73.3 Å². The number of nitrogens with one attached hydrogen (secondary N) is 1. The van der Waals surface area contributed by atoms with Gasteiger partial charge in [0.25, 0.3) is 5.91 Å². The zero-order valence-electron chi connectivity index (χ0n) is 16.2. The van der Waals surface area contributed by atoms with Gasteiger partial charge in [-0.15, -0.1) is 10.2 Å². The molecule has 150 valence electrons. The number of hydrogen-bond acceptors (Lipinski definition) is 6. The highest BCUT2D eigenvalue weighted by Crippen LogP contribution is 2.27. The molecule has 0 atom stereocenters.